The van der Waals surface area contributed by atoms with Crippen molar-refractivity contribution in [1.29, 1.82) is 0 Å². The Kier molecular flexibility index (Phi) is 5.93. The van der Waals surface area contributed by atoms with Crippen LogP contribution in [-0.2, 0) is 11.3 Å². The van der Waals surface area contributed by atoms with E-state index in [9.17, 15) is 9.59 Å². The maximum Gasteiger partial charge on any atom is 0.223 e. The lowest BCUT2D eigenvalue weighted by atomic mass is 9.95. The van der Waals surface area contributed by atoms with Gasteiger partial charge < -0.3 is 14.8 Å². The van der Waals surface area contributed by atoms with E-state index in [2.05, 4.69) is 15.2 Å². The molecule has 154 valence electrons. The quantitative estimate of drug-likeness (QED) is 0.641. The van der Waals surface area contributed by atoms with Gasteiger partial charge in [0.2, 0.25) is 5.91 Å². The normalized spacial score (nSPS) is 14.5. The molecule has 1 aliphatic heterocycles. The van der Waals surface area contributed by atoms with Crippen molar-refractivity contribution < 1.29 is 9.59 Å². The first-order valence-corrected chi connectivity index (χ1v) is 10.3. The molecule has 6 nitrogen and oxygen atoms in total. The van der Waals surface area contributed by atoms with Gasteiger partial charge in [0.15, 0.2) is 0 Å². The number of benzene rings is 2. The molecule has 1 N–H and O–H groups in total. The van der Waals surface area contributed by atoms with Crippen molar-refractivity contribution in [2.24, 2.45) is 5.92 Å². The summed E-state index contributed by atoms with van der Waals surface area (Å²) in [7, 11) is 0. The molecule has 2 heterocycles. The number of carbonyl (C=O) groups excluding carboxylic acids is 2. The number of piperidine rings is 1. The first-order valence-electron chi connectivity index (χ1n) is 10.3. The Labute approximate surface area is 176 Å². The van der Waals surface area contributed by atoms with E-state index in [1.807, 2.05) is 66.2 Å². The summed E-state index contributed by atoms with van der Waals surface area (Å²) < 4.78 is 2.04. The van der Waals surface area contributed by atoms with Crippen molar-refractivity contribution in [1.82, 2.24) is 14.9 Å². The Hall–Kier alpha value is -3.41. The topological polar surface area (TPSA) is 67.2 Å². The summed E-state index contributed by atoms with van der Waals surface area (Å²) >= 11 is 0. The third-order valence-electron chi connectivity index (χ3n) is 5.79. The number of carbonyl (C=O) groups is 2. The number of rotatable bonds is 6. The third kappa shape index (κ3) is 4.27. The molecular formula is C24H26N4O2. The van der Waals surface area contributed by atoms with Crippen LogP contribution in [-0.4, -0.2) is 34.8 Å². The molecule has 0 radical (unpaired) electrons. The first-order chi connectivity index (χ1) is 14.7. The highest BCUT2D eigenvalue weighted by Crippen LogP contribution is 2.24. The van der Waals surface area contributed by atoms with Crippen LogP contribution in [0.4, 0.5) is 5.69 Å². The van der Waals surface area contributed by atoms with Crippen LogP contribution >= 0.6 is 0 Å². The number of aldehydes is 1. The maximum absolute atomic E-state index is 12.8. The van der Waals surface area contributed by atoms with Crippen LogP contribution in [0.2, 0.25) is 0 Å². The van der Waals surface area contributed by atoms with Crippen LogP contribution < -0.4 is 10.2 Å². The fourth-order valence-corrected chi connectivity index (χ4v) is 4.02. The van der Waals surface area contributed by atoms with E-state index in [1.165, 1.54) is 0 Å². The van der Waals surface area contributed by atoms with Crippen molar-refractivity contribution in [2.75, 3.05) is 18.0 Å². The molecule has 1 fully saturated rings. The molecule has 1 amide bonds. The predicted molar refractivity (Wildman–Crippen MR) is 117 cm³/mol. The lowest BCUT2D eigenvalue weighted by Gasteiger charge is -2.33. The molecule has 0 atom stereocenters. The molecule has 30 heavy (non-hydrogen) atoms. The SMILES string of the molecule is Cc1nccn1-c1ccccc1CNC(=O)C1CCN(c2ccc(C=O)cc2)CC1. The second-order valence-electron chi connectivity index (χ2n) is 7.66. The van der Waals surface area contributed by atoms with E-state index in [0.717, 1.165) is 55.0 Å². The van der Waals surface area contributed by atoms with Crippen LogP contribution in [0.15, 0.2) is 60.9 Å². The number of aryl methyl sites for hydroxylation is 1. The largest absolute Gasteiger partial charge is 0.371 e. The molecule has 1 aromatic heterocycles. The van der Waals surface area contributed by atoms with Crippen molar-refractivity contribution in [2.45, 2.75) is 26.3 Å². The molecule has 3 aromatic rings. The highest BCUT2D eigenvalue weighted by atomic mass is 16.1. The Morgan fingerprint density at radius 2 is 1.87 bits per heavy atom. The lowest BCUT2D eigenvalue weighted by Crippen LogP contribution is -2.40. The van der Waals surface area contributed by atoms with Crippen LogP contribution in [0.5, 0.6) is 0 Å². The monoisotopic (exact) mass is 402 g/mol. The molecule has 0 aliphatic carbocycles. The molecule has 1 saturated heterocycles. The number of para-hydroxylation sites is 1. The van der Waals surface area contributed by atoms with Crippen LogP contribution in [0.25, 0.3) is 5.69 Å². The number of hydrogen-bond donors (Lipinski definition) is 1. The number of nitrogens with one attached hydrogen (secondary N) is 1. The van der Waals surface area contributed by atoms with Crippen LogP contribution in [0.1, 0.15) is 34.6 Å². The van der Waals surface area contributed by atoms with Crippen molar-refractivity contribution in [3.8, 4) is 5.69 Å². The minimum atomic E-state index is 0.0256. The maximum atomic E-state index is 12.8. The van der Waals surface area contributed by atoms with E-state index in [1.54, 1.807) is 6.20 Å². The van der Waals surface area contributed by atoms with Gasteiger partial charge in [-0.3, -0.25) is 9.59 Å². The first kappa shape index (κ1) is 19.9. The Bertz CT molecular complexity index is 1020. The highest BCUT2D eigenvalue weighted by molar-refractivity contribution is 5.79. The minimum Gasteiger partial charge on any atom is -0.371 e. The molecular weight excluding hydrogens is 376 g/mol. The van der Waals surface area contributed by atoms with Crippen molar-refractivity contribution in [3.05, 3.63) is 77.9 Å². The van der Waals surface area contributed by atoms with E-state index >= 15 is 0 Å². The van der Waals surface area contributed by atoms with Gasteiger partial charge in [-0.2, -0.15) is 0 Å². The Balaban J connectivity index is 1.34. The number of imidazole rings is 1. The van der Waals surface area contributed by atoms with Gasteiger partial charge in [-0.05, 0) is 55.7 Å². The molecule has 0 saturated carbocycles. The zero-order valence-corrected chi connectivity index (χ0v) is 17.1. The summed E-state index contributed by atoms with van der Waals surface area (Å²) in [6.45, 7) is 4.14. The fraction of sp³-hybridized carbons (Fsp3) is 0.292. The zero-order valence-electron chi connectivity index (χ0n) is 17.1. The van der Waals surface area contributed by atoms with E-state index < -0.39 is 0 Å². The summed E-state index contributed by atoms with van der Waals surface area (Å²) in [6, 6.07) is 15.7. The van der Waals surface area contributed by atoms with E-state index in [0.29, 0.717) is 12.1 Å². The molecule has 0 bridgehead atoms. The van der Waals surface area contributed by atoms with Gasteiger partial charge in [-0.1, -0.05) is 18.2 Å². The van der Waals surface area contributed by atoms with Crippen LogP contribution in [0, 0.1) is 12.8 Å². The van der Waals surface area contributed by atoms with E-state index in [-0.39, 0.29) is 11.8 Å². The molecule has 1 aliphatic rings. The summed E-state index contributed by atoms with van der Waals surface area (Å²) in [5.41, 5.74) is 3.89. The van der Waals surface area contributed by atoms with Gasteiger partial charge in [0.05, 0.1) is 5.69 Å². The summed E-state index contributed by atoms with van der Waals surface area (Å²) in [6.07, 6.45) is 6.22. The van der Waals surface area contributed by atoms with Gasteiger partial charge in [0, 0.05) is 49.2 Å². The zero-order chi connectivity index (χ0) is 20.9. The molecule has 4 rings (SSSR count). The second-order valence-corrected chi connectivity index (χ2v) is 7.66. The standard InChI is InChI=1S/C24H26N4O2/c1-18-25-12-15-28(18)23-5-3-2-4-21(23)16-26-24(30)20-10-13-27(14-11-20)22-8-6-19(17-29)7-9-22/h2-9,12,15,17,20H,10-11,13-14,16H2,1H3,(H,26,30). The fourth-order valence-electron chi connectivity index (χ4n) is 4.02. The number of hydrogen-bond acceptors (Lipinski definition) is 4. The van der Waals surface area contributed by atoms with Crippen LogP contribution in [0.3, 0.4) is 0 Å². The highest BCUT2D eigenvalue weighted by Gasteiger charge is 2.25. The molecule has 2 aromatic carbocycles. The average molecular weight is 402 g/mol. The molecule has 6 heteroatoms. The average Bonchev–Trinajstić information content (AvgIpc) is 3.23. The number of aromatic nitrogens is 2. The van der Waals surface area contributed by atoms with Gasteiger partial charge >= 0.3 is 0 Å². The van der Waals surface area contributed by atoms with Gasteiger partial charge in [-0.15, -0.1) is 0 Å². The molecule has 0 spiro atoms. The minimum absolute atomic E-state index is 0.0256. The van der Waals surface area contributed by atoms with E-state index in [4.69, 9.17) is 0 Å². The Morgan fingerprint density at radius 3 is 2.53 bits per heavy atom. The lowest BCUT2D eigenvalue weighted by molar-refractivity contribution is -0.125. The summed E-state index contributed by atoms with van der Waals surface area (Å²) in [4.78, 5) is 30.2. The van der Waals surface area contributed by atoms with Gasteiger partial charge in [-0.25, -0.2) is 4.98 Å². The van der Waals surface area contributed by atoms with Gasteiger partial charge in [0.25, 0.3) is 0 Å². The third-order valence-corrected chi connectivity index (χ3v) is 5.79. The number of anilines is 1. The summed E-state index contributed by atoms with van der Waals surface area (Å²) in [5.74, 6) is 1.06. The Morgan fingerprint density at radius 1 is 1.13 bits per heavy atom. The smallest absolute Gasteiger partial charge is 0.223 e. The summed E-state index contributed by atoms with van der Waals surface area (Å²) in [5, 5.41) is 3.13. The van der Waals surface area contributed by atoms with Gasteiger partial charge in [0.1, 0.15) is 12.1 Å². The number of amides is 1. The predicted octanol–water partition coefficient (Wildman–Crippen LogP) is 3.53. The van der Waals surface area contributed by atoms with Crippen molar-refractivity contribution in [3.63, 3.8) is 0 Å². The number of nitrogens with zero attached hydrogens (tertiary/aromatic N) is 3. The molecule has 0 unspecified atom stereocenters. The van der Waals surface area contributed by atoms with Crippen molar-refractivity contribution >= 4 is 17.9 Å². The second kappa shape index (κ2) is 8.95.